The minimum atomic E-state index is -0.809. The molecule has 1 aliphatic heterocycles. The van der Waals surface area contributed by atoms with Crippen LogP contribution in [0.3, 0.4) is 0 Å². The molecule has 30 heavy (non-hydrogen) atoms. The predicted molar refractivity (Wildman–Crippen MR) is 113 cm³/mol. The molecule has 1 fully saturated rings. The van der Waals surface area contributed by atoms with E-state index < -0.39 is 17.7 Å². The Hall–Kier alpha value is -3.27. The van der Waals surface area contributed by atoms with Crippen molar-refractivity contribution in [3.05, 3.63) is 41.0 Å². The van der Waals surface area contributed by atoms with Gasteiger partial charge in [0.1, 0.15) is 0 Å². The Bertz CT molecular complexity index is 989. The van der Waals surface area contributed by atoms with Crippen molar-refractivity contribution in [3.8, 4) is 0 Å². The summed E-state index contributed by atoms with van der Waals surface area (Å²) in [5.41, 5.74) is 5.58. The Balaban J connectivity index is 1.77. The zero-order chi connectivity index (χ0) is 21.8. The monoisotopic (exact) mass is 429 g/mol. The summed E-state index contributed by atoms with van der Waals surface area (Å²) < 4.78 is 0. The van der Waals surface area contributed by atoms with Crippen molar-refractivity contribution in [2.75, 3.05) is 17.2 Å². The molecule has 3 heterocycles. The number of nitrogens with two attached hydrogens (primary N) is 1. The van der Waals surface area contributed by atoms with E-state index in [1.54, 1.807) is 11.0 Å². The Morgan fingerprint density at radius 2 is 1.93 bits per heavy atom. The predicted octanol–water partition coefficient (Wildman–Crippen LogP) is 2.14. The molecule has 158 valence electrons. The van der Waals surface area contributed by atoms with Crippen LogP contribution < -0.4 is 16.4 Å². The third-order valence-electron chi connectivity index (χ3n) is 4.81. The van der Waals surface area contributed by atoms with Crippen molar-refractivity contribution in [1.82, 2.24) is 9.88 Å². The number of rotatable bonds is 4. The first kappa shape index (κ1) is 21.4. The van der Waals surface area contributed by atoms with E-state index in [1.165, 1.54) is 36.7 Å². The first-order valence-corrected chi connectivity index (χ1v) is 10.3. The molecule has 3 rings (SSSR count). The lowest BCUT2D eigenvalue weighted by Gasteiger charge is -2.37. The minimum Gasteiger partial charge on any atom is -0.366 e. The Kier molecular flexibility index (Phi) is 6.46. The Labute approximate surface area is 177 Å². The van der Waals surface area contributed by atoms with Crippen LogP contribution >= 0.6 is 11.3 Å². The maximum absolute atomic E-state index is 13.0. The lowest BCUT2D eigenvalue weighted by atomic mass is 9.93. The van der Waals surface area contributed by atoms with Gasteiger partial charge in [-0.05, 0) is 37.0 Å². The highest BCUT2D eigenvalue weighted by Crippen LogP contribution is 2.38. The highest BCUT2D eigenvalue weighted by atomic mass is 32.1. The summed E-state index contributed by atoms with van der Waals surface area (Å²) in [6.45, 7) is 3.92. The topological polar surface area (TPSA) is 134 Å². The number of hydrogen-bond donors (Lipinski definition) is 3. The highest BCUT2D eigenvalue weighted by Gasteiger charge is 2.35. The number of anilines is 2. The molecule has 4 amide bonds. The number of hydrogen-bond acceptors (Lipinski definition) is 6. The van der Waals surface area contributed by atoms with Crippen molar-refractivity contribution in [2.45, 2.75) is 32.7 Å². The highest BCUT2D eigenvalue weighted by molar-refractivity contribution is 7.16. The van der Waals surface area contributed by atoms with Gasteiger partial charge in [-0.25, -0.2) is 0 Å². The summed E-state index contributed by atoms with van der Waals surface area (Å²) >= 11 is 1.39. The van der Waals surface area contributed by atoms with E-state index in [1.807, 2.05) is 13.0 Å². The molecule has 2 atom stereocenters. The average Bonchev–Trinajstić information content (AvgIpc) is 3.14. The number of piperidine rings is 1. The molecule has 0 saturated carbocycles. The van der Waals surface area contributed by atoms with E-state index in [2.05, 4.69) is 15.6 Å². The maximum Gasteiger partial charge on any atom is 0.313 e. The van der Waals surface area contributed by atoms with E-state index in [9.17, 15) is 19.2 Å². The number of carbonyl (C=O) groups is 4. The van der Waals surface area contributed by atoms with Gasteiger partial charge >= 0.3 is 11.8 Å². The molecule has 0 spiro atoms. The van der Waals surface area contributed by atoms with Crippen LogP contribution in [-0.4, -0.2) is 40.1 Å². The number of primary amides is 1. The summed E-state index contributed by atoms with van der Waals surface area (Å²) in [5, 5.41) is 5.93. The first-order valence-electron chi connectivity index (χ1n) is 9.48. The second-order valence-corrected chi connectivity index (χ2v) is 8.44. The normalized spacial score (nSPS) is 18.5. The fourth-order valence-corrected chi connectivity index (χ4v) is 4.51. The first-order chi connectivity index (χ1) is 14.2. The molecule has 0 unspecified atom stereocenters. The van der Waals surface area contributed by atoms with Crippen LogP contribution in [0.15, 0.2) is 30.6 Å². The lowest BCUT2D eigenvalue weighted by molar-refractivity contribution is -0.146. The molecule has 0 aromatic carbocycles. The van der Waals surface area contributed by atoms with Crippen molar-refractivity contribution in [1.29, 1.82) is 0 Å². The van der Waals surface area contributed by atoms with Gasteiger partial charge in [-0.15, -0.1) is 11.3 Å². The number of aromatic nitrogens is 1. The van der Waals surface area contributed by atoms with Crippen LogP contribution in [0.2, 0.25) is 0 Å². The van der Waals surface area contributed by atoms with Gasteiger partial charge < -0.3 is 21.3 Å². The van der Waals surface area contributed by atoms with Gasteiger partial charge in [0.2, 0.25) is 11.8 Å². The molecule has 4 N–H and O–H groups in total. The summed E-state index contributed by atoms with van der Waals surface area (Å²) in [6, 6.07) is 4.79. The number of thiophene rings is 1. The molecule has 1 saturated heterocycles. The molecule has 1 aliphatic rings. The number of nitrogens with zero attached hydrogens (tertiary/aromatic N) is 2. The Morgan fingerprint density at radius 1 is 1.17 bits per heavy atom. The van der Waals surface area contributed by atoms with Crippen LogP contribution in [0.5, 0.6) is 0 Å². The summed E-state index contributed by atoms with van der Waals surface area (Å²) in [7, 11) is 0. The standard InChI is InChI=1S/C20H23N5O4S/c1-11-3-4-15(16-5-6-17(30-16)23-12(2)26)25(10-11)20(29)19(28)24-14-7-13(18(21)27)8-22-9-14/h5-9,11,15H,3-4,10H2,1-2H3,(H2,21,27)(H,23,26)(H,24,28)/t11-,15+/m0/s1. The Morgan fingerprint density at radius 3 is 2.63 bits per heavy atom. The van der Waals surface area contributed by atoms with E-state index in [-0.39, 0.29) is 29.1 Å². The zero-order valence-corrected chi connectivity index (χ0v) is 17.5. The van der Waals surface area contributed by atoms with Crippen molar-refractivity contribution in [2.24, 2.45) is 11.7 Å². The summed E-state index contributed by atoms with van der Waals surface area (Å²) in [4.78, 5) is 54.5. The molecule has 0 radical (unpaired) electrons. The third-order valence-corrected chi connectivity index (χ3v) is 5.91. The fraction of sp³-hybridized carbons (Fsp3) is 0.350. The molecule has 0 bridgehead atoms. The zero-order valence-electron chi connectivity index (χ0n) is 16.7. The van der Waals surface area contributed by atoms with Crippen LogP contribution in [-0.2, 0) is 14.4 Å². The molecular weight excluding hydrogens is 406 g/mol. The molecule has 10 heteroatoms. The van der Waals surface area contributed by atoms with Crippen molar-refractivity contribution < 1.29 is 19.2 Å². The van der Waals surface area contributed by atoms with Gasteiger partial charge in [-0.1, -0.05) is 6.92 Å². The third kappa shape index (κ3) is 5.01. The molecule has 2 aromatic rings. The van der Waals surface area contributed by atoms with Gasteiger partial charge in [0.05, 0.1) is 28.5 Å². The lowest BCUT2D eigenvalue weighted by Crippen LogP contribution is -2.46. The maximum atomic E-state index is 13.0. The fourth-order valence-electron chi connectivity index (χ4n) is 3.40. The molecule has 0 aliphatic carbocycles. The van der Waals surface area contributed by atoms with Gasteiger partial charge in [-0.2, -0.15) is 0 Å². The average molecular weight is 430 g/mol. The number of nitrogens with one attached hydrogen (secondary N) is 2. The van der Waals surface area contributed by atoms with E-state index >= 15 is 0 Å². The van der Waals surface area contributed by atoms with Crippen molar-refractivity contribution in [3.63, 3.8) is 0 Å². The number of carbonyl (C=O) groups excluding carboxylic acids is 4. The van der Waals surface area contributed by atoms with Crippen LogP contribution in [0.1, 0.15) is 48.0 Å². The number of pyridine rings is 1. The van der Waals surface area contributed by atoms with Crippen LogP contribution in [0.4, 0.5) is 10.7 Å². The second-order valence-electron chi connectivity index (χ2n) is 7.32. The quantitative estimate of drug-likeness (QED) is 0.640. The molecular formula is C20H23N5O4S. The summed E-state index contributed by atoms with van der Waals surface area (Å²) in [6.07, 6.45) is 4.27. The van der Waals surface area contributed by atoms with E-state index in [4.69, 9.17) is 5.73 Å². The van der Waals surface area contributed by atoms with Crippen LogP contribution in [0, 0.1) is 5.92 Å². The van der Waals surface area contributed by atoms with Gasteiger partial charge in [-0.3, -0.25) is 24.2 Å². The smallest absolute Gasteiger partial charge is 0.313 e. The largest absolute Gasteiger partial charge is 0.366 e. The van der Waals surface area contributed by atoms with Gasteiger partial charge in [0.15, 0.2) is 0 Å². The van der Waals surface area contributed by atoms with Crippen LogP contribution in [0.25, 0.3) is 0 Å². The number of amides is 4. The van der Waals surface area contributed by atoms with Crippen molar-refractivity contribution >= 4 is 45.7 Å². The van der Waals surface area contributed by atoms with Gasteiger partial charge in [0.25, 0.3) is 0 Å². The van der Waals surface area contributed by atoms with Gasteiger partial charge in [0, 0.05) is 24.5 Å². The SMILES string of the molecule is CC(=O)Nc1ccc([C@H]2CC[C@H](C)CN2C(=O)C(=O)Nc2cncc(C(N)=O)c2)s1. The second kappa shape index (κ2) is 9.04. The molecule has 2 aromatic heterocycles. The number of likely N-dealkylation sites (tertiary alicyclic amines) is 1. The summed E-state index contributed by atoms with van der Waals surface area (Å²) in [5.74, 6) is -2.06. The molecule has 9 nitrogen and oxygen atoms in total. The van der Waals surface area contributed by atoms with E-state index in [0.717, 1.165) is 17.7 Å². The van der Waals surface area contributed by atoms with E-state index in [0.29, 0.717) is 11.5 Å². The minimum absolute atomic E-state index is 0.133.